The van der Waals surface area contributed by atoms with Crippen LogP contribution in [-0.2, 0) is 6.54 Å². The summed E-state index contributed by atoms with van der Waals surface area (Å²) in [6, 6.07) is 8.11. The number of nitrogens with one attached hydrogen (secondary N) is 1. The van der Waals surface area contributed by atoms with E-state index in [0.29, 0.717) is 18.8 Å². The topological polar surface area (TPSA) is 80.5 Å². The number of thiazole rings is 1. The summed E-state index contributed by atoms with van der Waals surface area (Å²) in [4.78, 5) is 19.1. The van der Waals surface area contributed by atoms with Crippen LogP contribution in [0.15, 0.2) is 29.6 Å². The molecule has 1 saturated heterocycles. The number of rotatable bonds is 7. The Balaban J connectivity index is 0.00000182. The van der Waals surface area contributed by atoms with Gasteiger partial charge in [-0.2, -0.15) is 0 Å². The summed E-state index contributed by atoms with van der Waals surface area (Å²) < 4.78 is 5.53. The zero-order valence-electron chi connectivity index (χ0n) is 15.2. The summed E-state index contributed by atoms with van der Waals surface area (Å²) in [5.74, 6) is 0.697. The smallest absolute Gasteiger partial charge is 0.270 e. The van der Waals surface area contributed by atoms with E-state index in [9.17, 15) is 4.79 Å². The number of para-hydroxylation sites is 1. The highest BCUT2D eigenvalue weighted by atomic mass is 35.5. The lowest BCUT2D eigenvalue weighted by atomic mass is 10.0. The molecule has 1 aromatic carbocycles. The number of hydrogen-bond acceptors (Lipinski definition) is 6. The monoisotopic (exact) mass is 432 g/mol. The second-order valence-electron chi connectivity index (χ2n) is 6.04. The van der Waals surface area contributed by atoms with Gasteiger partial charge in [-0.05, 0) is 32.0 Å². The zero-order valence-corrected chi connectivity index (χ0v) is 17.7. The molecule has 0 saturated carbocycles. The Morgan fingerprint density at radius 3 is 2.67 bits per heavy atom. The number of aromatic nitrogens is 1. The average molecular weight is 433 g/mol. The van der Waals surface area contributed by atoms with Crippen molar-refractivity contribution in [2.75, 3.05) is 26.7 Å². The maximum absolute atomic E-state index is 12.4. The van der Waals surface area contributed by atoms with Crippen molar-refractivity contribution in [3.63, 3.8) is 0 Å². The van der Waals surface area contributed by atoms with Gasteiger partial charge >= 0.3 is 0 Å². The largest absolute Gasteiger partial charge is 0.496 e. The van der Waals surface area contributed by atoms with Gasteiger partial charge in [0, 0.05) is 24.0 Å². The molecule has 0 radical (unpaired) electrons. The summed E-state index contributed by atoms with van der Waals surface area (Å²) in [7, 11) is 1.68. The van der Waals surface area contributed by atoms with Crippen LogP contribution >= 0.6 is 36.2 Å². The molecule has 1 unspecified atom stereocenters. The Morgan fingerprint density at radius 1 is 1.33 bits per heavy atom. The molecule has 0 bridgehead atoms. The maximum atomic E-state index is 12.4. The fraction of sp³-hybridized carbons (Fsp3) is 0.444. The van der Waals surface area contributed by atoms with Gasteiger partial charge in [0.1, 0.15) is 16.5 Å². The van der Waals surface area contributed by atoms with E-state index in [1.54, 1.807) is 12.5 Å². The first-order valence-electron chi connectivity index (χ1n) is 8.52. The number of nitrogens with zero attached hydrogens (tertiary/aromatic N) is 2. The van der Waals surface area contributed by atoms with E-state index >= 15 is 0 Å². The number of amides is 1. The van der Waals surface area contributed by atoms with E-state index in [1.807, 2.05) is 18.2 Å². The van der Waals surface area contributed by atoms with Crippen molar-refractivity contribution < 1.29 is 9.53 Å². The molecule has 2 heterocycles. The Morgan fingerprint density at radius 2 is 2.04 bits per heavy atom. The van der Waals surface area contributed by atoms with Crippen LogP contribution in [0, 0.1) is 0 Å². The normalized spacial score (nSPS) is 14.7. The van der Waals surface area contributed by atoms with E-state index < -0.39 is 0 Å². The van der Waals surface area contributed by atoms with E-state index in [4.69, 9.17) is 10.5 Å². The number of halogens is 2. The van der Waals surface area contributed by atoms with Crippen molar-refractivity contribution in [1.29, 1.82) is 0 Å². The first kappa shape index (κ1) is 23.7. The van der Waals surface area contributed by atoms with Crippen LogP contribution in [0.25, 0.3) is 0 Å². The lowest BCUT2D eigenvalue weighted by Gasteiger charge is -2.29. The SMILES string of the molecule is COc1ccccc1C(CNC(=O)c1csc(CN)n1)N1CCCC1.Cl.Cl. The van der Waals surface area contributed by atoms with Gasteiger partial charge in [0.25, 0.3) is 5.91 Å². The highest BCUT2D eigenvalue weighted by Gasteiger charge is 2.26. The molecular formula is C18H26Cl2N4O2S. The highest BCUT2D eigenvalue weighted by molar-refractivity contribution is 7.09. The Kier molecular flexibility index (Phi) is 10.0. The molecule has 9 heteroatoms. The van der Waals surface area contributed by atoms with Crippen LogP contribution < -0.4 is 15.8 Å². The molecule has 2 aromatic rings. The molecule has 1 fully saturated rings. The van der Waals surface area contributed by atoms with Crippen molar-refractivity contribution in [2.24, 2.45) is 5.73 Å². The third kappa shape index (κ3) is 5.80. The molecule has 0 spiro atoms. The lowest BCUT2D eigenvalue weighted by molar-refractivity contribution is 0.0933. The van der Waals surface area contributed by atoms with E-state index in [0.717, 1.165) is 29.4 Å². The summed E-state index contributed by atoms with van der Waals surface area (Å²) in [5.41, 5.74) is 7.11. The van der Waals surface area contributed by atoms with Gasteiger partial charge in [0.05, 0.1) is 13.2 Å². The number of carbonyl (C=O) groups excluding carboxylic acids is 1. The number of methoxy groups -OCH3 is 1. The number of nitrogens with two attached hydrogens (primary N) is 1. The minimum atomic E-state index is -0.157. The third-order valence-corrected chi connectivity index (χ3v) is 5.37. The van der Waals surface area contributed by atoms with Gasteiger partial charge < -0.3 is 15.8 Å². The first-order valence-corrected chi connectivity index (χ1v) is 9.40. The maximum Gasteiger partial charge on any atom is 0.270 e. The first-order chi connectivity index (χ1) is 12.2. The number of benzene rings is 1. The fourth-order valence-electron chi connectivity index (χ4n) is 3.22. The quantitative estimate of drug-likeness (QED) is 0.702. The van der Waals surface area contributed by atoms with Gasteiger partial charge in [0.2, 0.25) is 0 Å². The molecule has 1 aliphatic rings. The Hall–Kier alpha value is -1.38. The molecule has 1 aliphatic heterocycles. The molecule has 150 valence electrons. The number of ether oxygens (including phenoxy) is 1. The minimum Gasteiger partial charge on any atom is -0.496 e. The lowest BCUT2D eigenvalue weighted by Crippen LogP contribution is -2.37. The minimum absolute atomic E-state index is 0. The van der Waals surface area contributed by atoms with Crippen LogP contribution in [0.4, 0.5) is 0 Å². The summed E-state index contributed by atoms with van der Waals surface area (Å²) >= 11 is 1.41. The molecule has 3 rings (SSSR count). The van der Waals surface area contributed by atoms with E-state index in [-0.39, 0.29) is 36.8 Å². The Labute approximate surface area is 176 Å². The molecule has 1 atom stereocenters. The molecule has 3 N–H and O–H groups in total. The third-order valence-electron chi connectivity index (χ3n) is 4.49. The van der Waals surface area contributed by atoms with Crippen LogP contribution in [0.1, 0.15) is 39.9 Å². The van der Waals surface area contributed by atoms with Crippen molar-refractivity contribution in [3.8, 4) is 5.75 Å². The predicted molar refractivity (Wildman–Crippen MR) is 113 cm³/mol. The van der Waals surface area contributed by atoms with Crippen LogP contribution in [-0.4, -0.2) is 42.5 Å². The van der Waals surface area contributed by atoms with Gasteiger partial charge in [-0.15, -0.1) is 36.2 Å². The standard InChI is InChI=1S/C18H24N4O2S.2ClH/c1-24-16-7-3-2-6-13(16)15(22-8-4-5-9-22)11-20-18(23)14-12-25-17(10-19)21-14;;/h2-3,6-7,12,15H,4-5,8-11,19H2,1H3,(H,20,23);2*1H. The van der Waals surface area contributed by atoms with Crippen molar-refractivity contribution in [2.45, 2.75) is 25.4 Å². The summed E-state index contributed by atoms with van der Waals surface area (Å²) in [6.45, 7) is 2.95. The van der Waals surface area contributed by atoms with E-state index in [2.05, 4.69) is 21.3 Å². The number of carbonyl (C=O) groups is 1. The van der Waals surface area contributed by atoms with E-state index in [1.165, 1.54) is 24.2 Å². The van der Waals surface area contributed by atoms with Gasteiger partial charge in [-0.25, -0.2) is 4.98 Å². The second-order valence-corrected chi connectivity index (χ2v) is 6.98. The molecule has 1 aromatic heterocycles. The average Bonchev–Trinajstić information content (AvgIpc) is 3.34. The van der Waals surface area contributed by atoms with Gasteiger partial charge in [-0.1, -0.05) is 18.2 Å². The highest BCUT2D eigenvalue weighted by Crippen LogP contribution is 2.31. The van der Waals surface area contributed by atoms with Crippen molar-refractivity contribution in [3.05, 3.63) is 45.9 Å². The predicted octanol–water partition coefficient (Wildman–Crippen LogP) is 3.02. The van der Waals surface area contributed by atoms with Crippen molar-refractivity contribution in [1.82, 2.24) is 15.2 Å². The Bertz CT molecular complexity index is 723. The molecule has 27 heavy (non-hydrogen) atoms. The van der Waals surface area contributed by atoms with Crippen LogP contribution in [0.3, 0.4) is 0 Å². The van der Waals surface area contributed by atoms with Crippen LogP contribution in [0.2, 0.25) is 0 Å². The van der Waals surface area contributed by atoms with Crippen LogP contribution in [0.5, 0.6) is 5.75 Å². The fourth-order valence-corrected chi connectivity index (χ4v) is 3.87. The molecular weight excluding hydrogens is 407 g/mol. The number of hydrogen-bond donors (Lipinski definition) is 2. The second kappa shape index (κ2) is 11.5. The van der Waals surface area contributed by atoms with Gasteiger partial charge in [0.15, 0.2) is 0 Å². The summed E-state index contributed by atoms with van der Waals surface area (Å²) in [5, 5.41) is 5.56. The molecule has 0 aliphatic carbocycles. The zero-order chi connectivity index (χ0) is 17.6. The number of likely N-dealkylation sites (tertiary alicyclic amines) is 1. The molecule has 1 amide bonds. The summed E-state index contributed by atoms with van der Waals surface area (Å²) in [6.07, 6.45) is 2.37. The van der Waals surface area contributed by atoms with Gasteiger partial charge in [-0.3, -0.25) is 9.69 Å². The van der Waals surface area contributed by atoms with Crippen molar-refractivity contribution >= 4 is 42.1 Å². The molecule has 6 nitrogen and oxygen atoms in total.